The lowest BCUT2D eigenvalue weighted by molar-refractivity contribution is 0.308. The Kier molecular flexibility index (Phi) is 6.60. The zero-order valence-corrected chi connectivity index (χ0v) is 11.7. The molecular weight excluding hydrogens is 249 g/mol. The SMILES string of the molecule is CCN(CC)CCNC(=S)Nc1ccccc1F. The second-order valence-electron chi connectivity index (χ2n) is 3.89. The van der Waals surface area contributed by atoms with Crippen molar-refractivity contribution < 1.29 is 4.39 Å². The van der Waals surface area contributed by atoms with E-state index >= 15 is 0 Å². The molecular formula is C13H20FN3S. The van der Waals surface area contributed by atoms with Crippen LogP contribution in [0, 0.1) is 5.82 Å². The van der Waals surface area contributed by atoms with Gasteiger partial charge in [-0.3, -0.25) is 0 Å². The van der Waals surface area contributed by atoms with E-state index in [0.717, 1.165) is 26.2 Å². The summed E-state index contributed by atoms with van der Waals surface area (Å²) in [4.78, 5) is 2.29. The minimum Gasteiger partial charge on any atom is -0.361 e. The first-order valence-electron chi connectivity index (χ1n) is 6.19. The van der Waals surface area contributed by atoms with Crippen LogP contribution in [-0.4, -0.2) is 36.2 Å². The second kappa shape index (κ2) is 8.00. The van der Waals surface area contributed by atoms with Crippen LogP contribution in [-0.2, 0) is 0 Å². The lowest BCUT2D eigenvalue weighted by Crippen LogP contribution is -2.36. The Bertz CT molecular complexity index is 380. The lowest BCUT2D eigenvalue weighted by atomic mass is 10.3. The standard InChI is InChI=1S/C13H20FN3S/c1-3-17(4-2)10-9-15-13(18)16-12-8-6-5-7-11(12)14/h5-8H,3-4,9-10H2,1-2H3,(H2,15,16,18). The number of thiocarbonyl (C=S) groups is 1. The smallest absolute Gasteiger partial charge is 0.170 e. The summed E-state index contributed by atoms with van der Waals surface area (Å²) < 4.78 is 13.4. The van der Waals surface area contributed by atoms with Gasteiger partial charge in [-0.15, -0.1) is 0 Å². The Hall–Kier alpha value is -1.20. The first-order chi connectivity index (χ1) is 8.67. The molecule has 0 saturated carbocycles. The van der Waals surface area contributed by atoms with Gasteiger partial charge in [0.15, 0.2) is 5.11 Å². The van der Waals surface area contributed by atoms with Crippen LogP contribution in [0.1, 0.15) is 13.8 Å². The van der Waals surface area contributed by atoms with Crippen LogP contribution in [0.2, 0.25) is 0 Å². The maximum absolute atomic E-state index is 13.4. The molecule has 18 heavy (non-hydrogen) atoms. The summed E-state index contributed by atoms with van der Waals surface area (Å²) in [6, 6.07) is 6.48. The molecule has 5 heteroatoms. The van der Waals surface area contributed by atoms with Gasteiger partial charge in [-0.05, 0) is 37.4 Å². The number of nitrogens with zero attached hydrogens (tertiary/aromatic N) is 1. The summed E-state index contributed by atoms with van der Waals surface area (Å²) in [6.45, 7) is 7.96. The Morgan fingerprint density at radius 1 is 1.28 bits per heavy atom. The van der Waals surface area contributed by atoms with Gasteiger partial charge in [0.25, 0.3) is 0 Å². The zero-order chi connectivity index (χ0) is 13.4. The molecule has 0 heterocycles. The number of hydrogen-bond acceptors (Lipinski definition) is 2. The van der Waals surface area contributed by atoms with Crippen LogP contribution in [0.25, 0.3) is 0 Å². The van der Waals surface area contributed by atoms with Crippen molar-refractivity contribution in [3.8, 4) is 0 Å². The highest BCUT2D eigenvalue weighted by molar-refractivity contribution is 7.80. The minimum absolute atomic E-state index is 0.301. The van der Waals surface area contributed by atoms with Gasteiger partial charge in [0.2, 0.25) is 0 Å². The summed E-state index contributed by atoms with van der Waals surface area (Å²) in [7, 11) is 0. The summed E-state index contributed by atoms with van der Waals surface area (Å²) in [5, 5.41) is 6.37. The van der Waals surface area contributed by atoms with Crippen molar-refractivity contribution in [1.82, 2.24) is 10.2 Å². The monoisotopic (exact) mass is 269 g/mol. The van der Waals surface area contributed by atoms with Gasteiger partial charge in [-0.25, -0.2) is 4.39 Å². The molecule has 0 amide bonds. The number of rotatable bonds is 6. The van der Waals surface area contributed by atoms with Crippen molar-refractivity contribution in [2.45, 2.75) is 13.8 Å². The van der Waals surface area contributed by atoms with Crippen molar-refractivity contribution in [2.24, 2.45) is 0 Å². The normalized spacial score (nSPS) is 10.4. The summed E-state index contributed by atoms with van der Waals surface area (Å²) in [5.74, 6) is -0.301. The van der Waals surface area contributed by atoms with Crippen molar-refractivity contribution in [1.29, 1.82) is 0 Å². The zero-order valence-electron chi connectivity index (χ0n) is 10.9. The van der Waals surface area contributed by atoms with E-state index in [1.165, 1.54) is 6.07 Å². The van der Waals surface area contributed by atoms with Crippen LogP contribution in [0.5, 0.6) is 0 Å². The predicted molar refractivity (Wildman–Crippen MR) is 78.4 cm³/mol. The van der Waals surface area contributed by atoms with Crippen molar-refractivity contribution in [3.05, 3.63) is 30.1 Å². The fourth-order valence-electron chi connectivity index (χ4n) is 1.60. The average molecular weight is 269 g/mol. The predicted octanol–water partition coefficient (Wildman–Crippen LogP) is 2.45. The molecule has 0 saturated heterocycles. The molecule has 0 aliphatic rings. The number of anilines is 1. The molecule has 1 aromatic carbocycles. The van der Waals surface area contributed by atoms with Gasteiger partial charge >= 0.3 is 0 Å². The van der Waals surface area contributed by atoms with Crippen LogP contribution >= 0.6 is 12.2 Å². The molecule has 0 aliphatic heterocycles. The van der Waals surface area contributed by atoms with Gasteiger partial charge in [0.05, 0.1) is 5.69 Å². The first kappa shape index (κ1) is 14.9. The molecule has 1 aromatic rings. The van der Waals surface area contributed by atoms with E-state index in [1.54, 1.807) is 18.2 Å². The molecule has 3 nitrogen and oxygen atoms in total. The maximum atomic E-state index is 13.4. The van der Waals surface area contributed by atoms with Crippen molar-refractivity contribution in [2.75, 3.05) is 31.5 Å². The third-order valence-corrected chi connectivity index (χ3v) is 2.98. The Labute approximate surface area is 113 Å². The van der Waals surface area contributed by atoms with Crippen LogP contribution in [0.15, 0.2) is 24.3 Å². The molecule has 100 valence electrons. The maximum Gasteiger partial charge on any atom is 0.170 e. The van der Waals surface area contributed by atoms with Crippen LogP contribution in [0.3, 0.4) is 0 Å². The molecule has 2 N–H and O–H groups in total. The summed E-state index contributed by atoms with van der Waals surface area (Å²) in [6.07, 6.45) is 0. The molecule has 0 spiro atoms. The second-order valence-corrected chi connectivity index (χ2v) is 4.30. The van der Waals surface area contributed by atoms with E-state index in [4.69, 9.17) is 12.2 Å². The molecule has 0 atom stereocenters. The number of para-hydroxylation sites is 1. The number of hydrogen-bond donors (Lipinski definition) is 2. The Morgan fingerprint density at radius 3 is 2.56 bits per heavy atom. The molecule has 0 aliphatic carbocycles. The first-order valence-corrected chi connectivity index (χ1v) is 6.60. The van der Waals surface area contributed by atoms with Crippen molar-refractivity contribution >= 4 is 23.0 Å². The Morgan fingerprint density at radius 2 is 1.94 bits per heavy atom. The van der Waals surface area contributed by atoms with E-state index in [9.17, 15) is 4.39 Å². The number of likely N-dealkylation sites (N-methyl/N-ethyl adjacent to an activating group) is 1. The highest BCUT2D eigenvalue weighted by Crippen LogP contribution is 2.11. The van der Waals surface area contributed by atoms with E-state index in [0.29, 0.717) is 10.8 Å². The fraction of sp³-hybridized carbons (Fsp3) is 0.462. The van der Waals surface area contributed by atoms with Gasteiger partial charge < -0.3 is 15.5 Å². The topological polar surface area (TPSA) is 27.3 Å². The van der Waals surface area contributed by atoms with E-state index in [-0.39, 0.29) is 5.82 Å². The fourth-order valence-corrected chi connectivity index (χ4v) is 1.81. The Balaban J connectivity index is 2.32. The molecule has 1 rings (SSSR count). The number of benzene rings is 1. The molecule has 0 unspecified atom stereocenters. The van der Waals surface area contributed by atoms with Crippen LogP contribution < -0.4 is 10.6 Å². The number of halogens is 1. The van der Waals surface area contributed by atoms with E-state index in [2.05, 4.69) is 29.4 Å². The highest BCUT2D eigenvalue weighted by Gasteiger charge is 2.03. The van der Waals surface area contributed by atoms with Gasteiger partial charge in [-0.2, -0.15) is 0 Å². The number of nitrogens with one attached hydrogen (secondary N) is 2. The van der Waals surface area contributed by atoms with Gasteiger partial charge in [-0.1, -0.05) is 26.0 Å². The van der Waals surface area contributed by atoms with E-state index < -0.39 is 0 Å². The molecule has 0 bridgehead atoms. The average Bonchev–Trinajstić information content (AvgIpc) is 2.37. The van der Waals surface area contributed by atoms with Crippen molar-refractivity contribution in [3.63, 3.8) is 0 Å². The minimum atomic E-state index is -0.301. The van der Waals surface area contributed by atoms with Gasteiger partial charge in [0.1, 0.15) is 5.82 Å². The van der Waals surface area contributed by atoms with E-state index in [1.807, 2.05) is 0 Å². The largest absolute Gasteiger partial charge is 0.361 e. The quantitative estimate of drug-likeness (QED) is 0.776. The lowest BCUT2D eigenvalue weighted by Gasteiger charge is -2.19. The highest BCUT2D eigenvalue weighted by atomic mass is 32.1. The summed E-state index contributed by atoms with van der Waals surface area (Å²) >= 11 is 5.11. The molecule has 0 aromatic heterocycles. The third-order valence-electron chi connectivity index (χ3n) is 2.73. The van der Waals surface area contributed by atoms with Crippen LogP contribution in [0.4, 0.5) is 10.1 Å². The summed E-state index contributed by atoms with van der Waals surface area (Å²) in [5.41, 5.74) is 0.401. The third kappa shape index (κ3) is 4.98. The van der Waals surface area contributed by atoms with Gasteiger partial charge in [0, 0.05) is 13.1 Å². The molecule has 0 radical (unpaired) electrons. The molecule has 0 fully saturated rings.